The first-order valence-corrected chi connectivity index (χ1v) is 7.83. The summed E-state index contributed by atoms with van der Waals surface area (Å²) in [6.07, 6.45) is 4.21. The minimum Gasteiger partial charge on any atom is -0.397 e. The molecule has 2 aromatic rings. The Morgan fingerprint density at radius 3 is 2.90 bits per heavy atom. The van der Waals surface area contributed by atoms with Gasteiger partial charge < -0.3 is 10.6 Å². The first-order valence-electron chi connectivity index (χ1n) is 7.02. The standard InChI is InChI=1S/C15H19N3OS/c1-9(2)18(8-10-5-6-10)15(19)13-12(16)11-4-3-7-17-14(11)20-13/h3-4,7,9-10H,5-6,8,16H2,1-2H3. The van der Waals surface area contributed by atoms with Gasteiger partial charge in [-0.3, -0.25) is 4.79 Å². The second-order valence-electron chi connectivity index (χ2n) is 5.70. The normalized spacial score (nSPS) is 14.9. The summed E-state index contributed by atoms with van der Waals surface area (Å²) in [7, 11) is 0. The minimum absolute atomic E-state index is 0.0485. The van der Waals surface area contributed by atoms with Gasteiger partial charge in [-0.15, -0.1) is 11.3 Å². The number of aromatic nitrogens is 1. The Hall–Kier alpha value is -1.62. The van der Waals surface area contributed by atoms with Crippen molar-refractivity contribution < 1.29 is 4.79 Å². The Kier molecular flexibility index (Phi) is 3.38. The lowest BCUT2D eigenvalue weighted by Gasteiger charge is -2.26. The van der Waals surface area contributed by atoms with E-state index >= 15 is 0 Å². The van der Waals surface area contributed by atoms with Crippen molar-refractivity contribution in [2.45, 2.75) is 32.7 Å². The third-order valence-electron chi connectivity index (χ3n) is 3.73. The molecule has 0 unspecified atom stereocenters. The molecule has 20 heavy (non-hydrogen) atoms. The van der Waals surface area contributed by atoms with E-state index in [0.29, 0.717) is 16.5 Å². The maximum absolute atomic E-state index is 12.8. The molecule has 1 aliphatic carbocycles. The highest BCUT2D eigenvalue weighted by molar-refractivity contribution is 7.21. The lowest BCUT2D eigenvalue weighted by molar-refractivity contribution is 0.0702. The van der Waals surface area contributed by atoms with E-state index in [1.165, 1.54) is 24.2 Å². The third-order valence-corrected chi connectivity index (χ3v) is 4.85. The zero-order valence-electron chi connectivity index (χ0n) is 11.8. The zero-order chi connectivity index (χ0) is 14.3. The summed E-state index contributed by atoms with van der Waals surface area (Å²) in [5.41, 5.74) is 6.72. The molecule has 0 aliphatic heterocycles. The Balaban J connectivity index is 1.95. The number of thiophene rings is 1. The van der Waals surface area contributed by atoms with Crippen molar-refractivity contribution in [3.8, 4) is 0 Å². The van der Waals surface area contributed by atoms with E-state index in [1.54, 1.807) is 6.20 Å². The second kappa shape index (κ2) is 5.05. The van der Waals surface area contributed by atoms with Crippen LogP contribution in [0.4, 0.5) is 5.69 Å². The van der Waals surface area contributed by atoms with Crippen molar-refractivity contribution in [3.63, 3.8) is 0 Å². The van der Waals surface area contributed by atoms with Crippen LogP contribution in [0, 0.1) is 5.92 Å². The first kappa shape index (κ1) is 13.4. The van der Waals surface area contributed by atoms with E-state index in [4.69, 9.17) is 5.73 Å². The molecule has 0 atom stereocenters. The molecular formula is C15H19N3OS. The molecule has 1 saturated carbocycles. The second-order valence-corrected chi connectivity index (χ2v) is 6.69. The summed E-state index contributed by atoms with van der Waals surface area (Å²) >= 11 is 1.40. The number of carbonyl (C=O) groups excluding carboxylic acids is 1. The fourth-order valence-corrected chi connectivity index (χ4v) is 3.37. The van der Waals surface area contributed by atoms with Gasteiger partial charge >= 0.3 is 0 Å². The van der Waals surface area contributed by atoms with Crippen molar-refractivity contribution in [3.05, 3.63) is 23.2 Å². The Morgan fingerprint density at radius 2 is 2.30 bits per heavy atom. The molecule has 2 aromatic heterocycles. The van der Waals surface area contributed by atoms with Gasteiger partial charge in [-0.1, -0.05) is 0 Å². The van der Waals surface area contributed by atoms with E-state index in [1.807, 2.05) is 17.0 Å². The highest BCUT2D eigenvalue weighted by atomic mass is 32.1. The fraction of sp³-hybridized carbons (Fsp3) is 0.467. The van der Waals surface area contributed by atoms with Crippen molar-refractivity contribution in [1.82, 2.24) is 9.88 Å². The van der Waals surface area contributed by atoms with Crippen LogP contribution in [0.3, 0.4) is 0 Å². The van der Waals surface area contributed by atoms with Gasteiger partial charge in [-0.05, 0) is 44.7 Å². The van der Waals surface area contributed by atoms with E-state index in [0.717, 1.165) is 16.8 Å². The lowest BCUT2D eigenvalue weighted by Crippen LogP contribution is -2.38. The van der Waals surface area contributed by atoms with Crippen LogP contribution in [-0.2, 0) is 0 Å². The van der Waals surface area contributed by atoms with Gasteiger partial charge in [-0.25, -0.2) is 4.98 Å². The number of amides is 1. The van der Waals surface area contributed by atoms with Gasteiger partial charge in [0.15, 0.2) is 0 Å². The number of hydrogen-bond donors (Lipinski definition) is 1. The number of nitrogens with zero attached hydrogens (tertiary/aromatic N) is 2. The molecule has 1 aliphatic rings. The summed E-state index contributed by atoms with van der Waals surface area (Å²) in [4.78, 5) is 20.5. The molecule has 3 rings (SSSR count). The van der Waals surface area contributed by atoms with Gasteiger partial charge in [0.25, 0.3) is 5.91 Å². The Labute approximate surface area is 122 Å². The molecule has 5 heteroatoms. The first-order chi connectivity index (χ1) is 9.58. The number of rotatable bonds is 4. The average molecular weight is 289 g/mol. The predicted molar refractivity (Wildman–Crippen MR) is 82.9 cm³/mol. The molecule has 0 spiro atoms. The van der Waals surface area contributed by atoms with Crippen molar-refractivity contribution in [2.75, 3.05) is 12.3 Å². The van der Waals surface area contributed by atoms with Gasteiger partial charge in [0.1, 0.15) is 9.71 Å². The number of nitrogen functional groups attached to an aromatic ring is 1. The topological polar surface area (TPSA) is 59.2 Å². The number of fused-ring (bicyclic) bond motifs is 1. The molecule has 1 fully saturated rings. The molecule has 0 saturated heterocycles. The van der Waals surface area contributed by atoms with Crippen LogP contribution >= 0.6 is 11.3 Å². The highest BCUT2D eigenvalue weighted by Crippen LogP contribution is 2.35. The number of pyridine rings is 1. The van der Waals surface area contributed by atoms with E-state index < -0.39 is 0 Å². The summed E-state index contributed by atoms with van der Waals surface area (Å²) in [5, 5.41) is 0.885. The molecule has 4 nitrogen and oxygen atoms in total. The number of hydrogen-bond acceptors (Lipinski definition) is 4. The highest BCUT2D eigenvalue weighted by Gasteiger charge is 2.30. The van der Waals surface area contributed by atoms with Crippen LogP contribution in [-0.4, -0.2) is 28.4 Å². The molecule has 0 aromatic carbocycles. The molecular weight excluding hydrogens is 270 g/mol. The molecule has 106 valence electrons. The van der Waals surface area contributed by atoms with Crippen LogP contribution in [0.1, 0.15) is 36.4 Å². The summed E-state index contributed by atoms with van der Waals surface area (Å²) < 4.78 is 0. The van der Waals surface area contributed by atoms with Crippen LogP contribution in [0.5, 0.6) is 0 Å². The largest absolute Gasteiger partial charge is 0.397 e. The lowest BCUT2D eigenvalue weighted by atomic mass is 10.2. The van der Waals surface area contributed by atoms with Crippen LogP contribution in [0.2, 0.25) is 0 Å². The van der Waals surface area contributed by atoms with E-state index in [2.05, 4.69) is 18.8 Å². The maximum Gasteiger partial charge on any atom is 0.266 e. The van der Waals surface area contributed by atoms with Gasteiger partial charge in [0, 0.05) is 24.2 Å². The molecule has 1 amide bonds. The van der Waals surface area contributed by atoms with Gasteiger partial charge in [0.05, 0.1) is 5.69 Å². The molecule has 2 heterocycles. The Morgan fingerprint density at radius 1 is 1.55 bits per heavy atom. The summed E-state index contributed by atoms with van der Waals surface area (Å²) in [6, 6.07) is 3.97. The summed E-state index contributed by atoms with van der Waals surface area (Å²) in [6.45, 7) is 4.96. The van der Waals surface area contributed by atoms with Crippen LogP contribution < -0.4 is 5.73 Å². The van der Waals surface area contributed by atoms with Gasteiger partial charge in [-0.2, -0.15) is 0 Å². The number of carbonyl (C=O) groups is 1. The fourth-order valence-electron chi connectivity index (χ4n) is 2.35. The van der Waals surface area contributed by atoms with Crippen molar-refractivity contribution >= 4 is 33.1 Å². The maximum atomic E-state index is 12.8. The quantitative estimate of drug-likeness (QED) is 0.940. The Bertz CT molecular complexity index is 646. The van der Waals surface area contributed by atoms with E-state index in [9.17, 15) is 4.79 Å². The zero-order valence-corrected chi connectivity index (χ0v) is 12.6. The third kappa shape index (κ3) is 2.38. The summed E-state index contributed by atoms with van der Waals surface area (Å²) in [5.74, 6) is 0.725. The molecule has 0 radical (unpaired) electrons. The van der Waals surface area contributed by atoms with Crippen molar-refractivity contribution in [2.24, 2.45) is 5.92 Å². The molecule has 2 N–H and O–H groups in total. The number of nitrogens with two attached hydrogens (primary N) is 1. The minimum atomic E-state index is 0.0485. The van der Waals surface area contributed by atoms with Crippen LogP contribution in [0.25, 0.3) is 10.2 Å². The molecule has 0 bridgehead atoms. The van der Waals surface area contributed by atoms with Crippen LogP contribution in [0.15, 0.2) is 18.3 Å². The smallest absolute Gasteiger partial charge is 0.266 e. The van der Waals surface area contributed by atoms with E-state index in [-0.39, 0.29) is 11.9 Å². The average Bonchev–Trinajstić information content (AvgIpc) is 3.19. The van der Waals surface area contributed by atoms with Gasteiger partial charge in [0.2, 0.25) is 0 Å². The SMILES string of the molecule is CC(C)N(CC1CC1)C(=O)c1sc2ncccc2c1N. The predicted octanol–water partition coefficient (Wildman–Crippen LogP) is 3.14. The van der Waals surface area contributed by atoms with Crippen molar-refractivity contribution in [1.29, 1.82) is 0 Å². The number of anilines is 1. The monoisotopic (exact) mass is 289 g/mol.